The van der Waals surface area contributed by atoms with E-state index < -0.39 is 0 Å². The van der Waals surface area contributed by atoms with E-state index >= 15 is 0 Å². The van der Waals surface area contributed by atoms with Crippen molar-refractivity contribution in [3.63, 3.8) is 0 Å². The molecule has 0 atom stereocenters. The summed E-state index contributed by atoms with van der Waals surface area (Å²) in [6.45, 7) is 0.442. The summed E-state index contributed by atoms with van der Waals surface area (Å²) in [4.78, 5) is 11.2. The Kier molecular flexibility index (Phi) is 3.69. The van der Waals surface area contributed by atoms with Gasteiger partial charge in [-0.05, 0) is 31.6 Å². The van der Waals surface area contributed by atoms with Gasteiger partial charge in [0, 0.05) is 12.5 Å². The maximum absolute atomic E-state index is 11.2. The second-order valence-corrected chi connectivity index (χ2v) is 3.57. The van der Waals surface area contributed by atoms with Crippen molar-refractivity contribution in [2.24, 2.45) is 17.6 Å². The number of hydrogen-bond acceptors (Lipinski definition) is 3. The van der Waals surface area contributed by atoms with Crippen molar-refractivity contribution in [2.75, 3.05) is 13.2 Å². The molecule has 3 nitrogen and oxygen atoms in total. The summed E-state index contributed by atoms with van der Waals surface area (Å²) in [6.07, 6.45) is 3.79. The fourth-order valence-corrected chi connectivity index (χ4v) is 1.83. The first-order chi connectivity index (χ1) is 5.77. The molecule has 3 heteroatoms. The summed E-state index contributed by atoms with van der Waals surface area (Å²) in [7, 11) is 0. The van der Waals surface area contributed by atoms with Crippen molar-refractivity contribution in [3.8, 4) is 0 Å². The molecule has 1 aliphatic carbocycles. The molecule has 1 saturated carbocycles. The van der Waals surface area contributed by atoms with Gasteiger partial charge in [0.05, 0.1) is 6.54 Å². The zero-order valence-corrected chi connectivity index (χ0v) is 7.33. The number of carbonyl (C=O) groups is 1. The third kappa shape index (κ3) is 2.29. The lowest BCUT2D eigenvalue weighted by Gasteiger charge is -2.25. The third-order valence-corrected chi connectivity index (χ3v) is 2.76. The van der Waals surface area contributed by atoms with E-state index in [1.807, 2.05) is 0 Å². The van der Waals surface area contributed by atoms with Crippen LogP contribution in [0.5, 0.6) is 0 Å². The molecule has 0 unspecified atom stereocenters. The van der Waals surface area contributed by atoms with Crippen LogP contribution in [0, 0.1) is 11.8 Å². The van der Waals surface area contributed by atoms with Crippen LogP contribution in [-0.4, -0.2) is 24.0 Å². The highest BCUT2D eigenvalue weighted by molar-refractivity contribution is 5.82. The maximum atomic E-state index is 11.2. The summed E-state index contributed by atoms with van der Waals surface area (Å²) in [5.74, 6) is 0.788. The molecule has 70 valence electrons. The topological polar surface area (TPSA) is 63.3 Å². The molecule has 0 spiro atoms. The van der Waals surface area contributed by atoms with Gasteiger partial charge in [0.25, 0.3) is 0 Å². The van der Waals surface area contributed by atoms with E-state index in [0.29, 0.717) is 5.92 Å². The lowest BCUT2D eigenvalue weighted by atomic mass is 9.80. The minimum atomic E-state index is 0.175. The standard InChI is InChI=1S/C9H17NO2/c10-5-9(12)8-3-1-7(6-11)2-4-8/h7-8,11H,1-6,10H2. The average Bonchev–Trinajstić information content (AvgIpc) is 2.17. The summed E-state index contributed by atoms with van der Waals surface area (Å²) in [5, 5.41) is 8.86. The molecule has 0 bridgehead atoms. The average molecular weight is 171 g/mol. The van der Waals surface area contributed by atoms with Crippen LogP contribution in [0.1, 0.15) is 25.7 Å². The van der Waals surface area contributed by atoms with Gasteiger partial charge in [0.1, 0.15) is 5.78 Å². The smallest absolute Gasteiger partial charge is 0.149 e. The minimum absolute atomic E-state index is 0.175. The van der Waals surface area contributed by atoms with Crippen LogP contribution in [0.2, 0.25) is 0 Å². The SMILES string of the molecule is NCC(=O)C1CCC(CO)CC1. The summed E-state index contributed by atoms with van der Waals surface area (Å²) < 4.78 is 0. The number of aliphatic hydroxyl groups is 1. The second kappa shape index (κ2) is 4.58. The zero-order valence-electron chi connectivity index (χ0n) is 7.33. The number of hydrogen-bond donors (Lipinski definition) is 2. The number of rotatable bonds is 3. The van der Waals surface area contributed by atoms with Crippen molar-refractivity contribution in [1.82, 2.24) is 0 Å². The maximum Gasteiger partial charge on any atom is 0.149 e. The molecule has 0 aromatic carbocycles. The first-order valence-electron chi connectivity index (χ1n) is 4.61. The number of ketones is 1. The Bertz CT molecular complexity index is 151. The summed E-state index contributed by atoms with van der Waals surface area (Å²) in [5.41, 5.74) is 5.27. The van der Waals surface area contributed by atoms with E-state index in [9.17, 15) is 4.79 Å². The van der Waals surface area contributed by atoms with Gasteiger partial charge in [-0.3, -0.25) is 4.79 Å². The highest BCUT2D eigenvalue weighted by atomic mass is 16.3. The highest BCUT2D eigenvalue weighted by Gasteiger charge is 2.24. The van der Waals surface area contributed by atoms with Gasteiger partial charge in [-0.2, -0.15) is 0 Å². The van der Waals surface area contributed by atoms with E-state index in [-0.39, 0.29) is 24.9 Å². The van der Waals surface area contributed by atoms with E-state index in [2.05, 4.69) is 0 Å². The molecule has 1 aliphatic rings. The number of Topliss-reactive ketones (excluding diaryl/α,β-unsaturated/α-hetero) is 1. The van der Waals surface area contributed by atoms with Crippen molar-refractivity contribution in [2.45, 2.75) is 25.7 Å². The van der Waals surface area contributed by atoms with Gasteiger partial charge in [-0.1, -0.05) is 0 Å². The fourth-order valence-electron chi connectivity index (χ4n) is 1.83. The van der Waals surface area contributed by atoms with Crippen LogP contribution < -0.4 is 5.73 Å². The molecule has 0 aromatic heterocycles. The molecule has 1 rings (SSSR count). The van der Waals surface area contributed by atoms with Gasteiger partial charge in [-0.15, -0.1) is 0 Å². The Morgan fingerprint density at radius 3 is 2.33 bits per heavy atom. The Morgan fingerprint density at radius 2 is 1.92 bits per heavy atom. The third-order valence-electron chi connectivity index (χ3n) is 2.76. The monoisotopic (exact) mass is 171 g/mol. The quantitative estimate of drug-likeness (QED) is 0.642. The van der Waals surface area contributed by atoms with Gasteiger partial charge < -0.3 is 10.8 Å². The van der Waals surface area contributed by atoms with Crippen LogP contribution in [0.4, 0.5) is 0 Å². The molecular formula is C9H17NO2. The van der Waals surface area contributed by atoms with Gasteiger partial charge >= 0.3 is 0 Å². The van der Waals surface area contributed by atoms with Crippen LogP contribution in [-0.2, 0) is 4.79 Å². The van der Waals surface area contributed by atoms with E-state index in [1.54, 1.807) is 0 Å². The minimum Gasteiger partial charge on any atom is -0.396 e. The first-order valence-corrected chi connectivity index (χ1v) is 4.61. The predicted molar refractivity (Wildman–Crippen MR) is 46.6 cm³/mol. The Hall–Kier alpha value is -0.410. The van der Waals surface area contributed by atoms with E-state index in [4.69, 9.17) is 10.8 Å². The lowest BCUT2D eigenvalue weighted by molar-refractivity contribution is -0.122. The number of carbonyl (C=O) groups excluding carboxylic acids is 1. The van der Waals surface area contributed by atoms with Crippen LogP contribution in [0.15, 0.2) is 0 Å². The Morgan fingerprint density at radius 1 is 1.33 bits per heavy atom. The fraction of sp³-hybridized carbons (Fsp3) is 0.889. The van der Waals surface area contributed by atoms with Crippen molar-refractivity contribution in [1.29, 1.82) is 0 Å². The first kappa shape index (κ1) is 9.68. The molecule has 0 aliphatic heterocycles. The zero-order chi connectivity index (χ0) is 8.97. The molecule has 0 saturated heterocycles. The molecule has 0 amide bonds. The molecule has 12 heavy (non-hydrogen) atoms. The molecule has 0 aromatic rings. The van der Waals surface area contributed by atoms with Gasteiger partial charge in [-0.25, -0.2) is 0 Å². The van der Waals surface area contributed by atoms with Crippen LogP contribution >= 0.6 is 0 Å². The number of aliphatic hydroxyl groups excluding tert-OH is 1. The summed E-state index contributed by atoms with van der Waals surface area (Å²) >= 11 is 0. The Labute approximate surface area is 72.9 Å². The molecule has 0 radical (unpaired) electrons. The summed E-state index contributed by atoms with van der Waals surface area (Å²) in [6, 6.07) is 0. The van der Waals surface area contributed by atoms with Gasteiger partial charge in [0.2, 0.25) is 0 Å². The van der Waals surface area contributed by atoms with E-state index in [0.717, 1.165) is 25.7 Å². The van der Waals surface area contributed by atoms with Crippen molar-refractivity contribution >= 4 is 5.78 Å². The van der Waals surface area contributed by atoms with Crippen molar-refractivity contribution in [3.05, 3.63) is 0 Å². The molecule has 3 N–H and O–H groups in total. The molecule has 0 heterocycles. The largest absolute Gasteiger partial charge is 0.396 e. The normalized spacial score (nSPS) is 30.2. The van der Waals surface area contributed by atoms with E-state index in [1.165, 1.54) is 0 Å². The second-order valence-electron chi connectivity index (χ2n) is 3.57. The van der Waals surface area contributed by atoms with Gasteiger partial charge in [0.15, 0.2) is 0 Å². The predicted octanol–water partition coefficient (Wildman–Crippen LogP) is 0.313. The molecular weight excluding hydrogens is 154 g/mol. The lowest BCUT2D eigenvalue weighted by Crippen LogP contribution is -2.28. The van der Waals surface area contributed by atoms with Crippen LogP contribution in [0.3, 0.4) is 0 Å². The molecule has 1 fully saturated rings. The Balaban J connectivity index is 2.30. The van der Waals surface area contributed by atoms with Crippen molar-refractivity contribution < 1.29 is 9.90 Å². The highest BCUT2D eigenvalue weighted by Crippen LogP contribution is 2.28. The van der Waals surface area contributed by atoms with Crippen LogP contribution in [0.25, 0.3) is 0 Å². The number of nitrogens with two attached hydrogens (primary N) is 1.